The Morgan fingerprint density at radius 2 is 2.09 bits per heavy atom. The Balaban J connectivity index is 2.52. The van der Waals surface area contributed by atoms with Crippen LogP contribution in [-0.2, 0) is 4.74 Å². The number of nitrogens with one attached hydrogen (secondary N) is 2. The first-order valence-corrected chi connectivity index (χ1v) is 8.24. The van der Waals surface area contributed by atoms with Crippen LogP contribution in [0.25, 0.3) is 0 Å². The van der Waals surface area contributed by atoms with E-state index in [0.29, 0.717) is 5.92 Å². The third-order valence-corrected chi connectivity index (χ3v) is 3.15. The molecule has 128 valence electrons. The molecule has 1 unspecified atom stereocenters. The van der Waals surface area contributed by atoms with E-state index < -0.39 is 5.60 Å². The van der Waals surface area contributed by atoms with E-state index in [1.54, 1.807) is 0 Å². The molecule has 0 aromatic heterocycles. The minimum absolute atomic E-state index is 0.109. The van der Waals surface area contributed by atoms with Crippen LogP contribution in [0.5, 0.6) is 0 Å². The van der Waals surface area contributed by atoms with Crippen LogP contribution in [0.2, 0.25) is 0 Å². The summed E-state index contributed by atoms with van der Waals surface area (Å²) < 4.78 is 5.31. The first-order valence-electron chi connectivity index (χ1n) is 8.24. The molecule has 0 spiro atoms. The Hall–Kier alpha value is -1.46. The van der Waals surface area contributed by atoms with Crippen LogP contribution >= 0.6 is 0 Å². The molecule has 2 N–H and O–H groups in total. The fourth-order valence-electron chi connectivity index (χ4n) is 2.24. The lowest BCUT2D eigenvalue weighted by molar-refractivity contribution is 0.0507. The van der Waals surface area contributed by atoms with E-state index in [-0.39, 0.29) is 12.1 Å². The second kappa shape index (κ2) is 8.25. The molecule has 22 heavy (non-hydrogen) atoms. The molecule has 0 aromatic carbocycles. The Labute approximate surface area is 134 Å². The van der Waals surface area contributed by atoms with E-state index in [0.717, 1.165) is 38.6 Å². The summed E-state index contributed by atoms with van der Waals surface area (Å²) in [6.07, 6.45) is 0.564. The third-order valence-electron chi connectivity index (χ3n) is 3.15. The lowest BCUT2D eigenvalue weighted by Crippen LogP contribution is -2.44. The largest absolute Gasteiger partial charge is 0.444 e. The van der Waals surface area contributed by atoms with Crippen LogP contribution in [0, 0.1) is 5.92 Å². The number of nitrogens with zero attached hydrogens (tertiary/aromatic N) is 2. The van der Waals surface area contributed by atoms with E-state index in [1.165, 1.54) is 0 Å². The van der Waals surface area contributed by atoms with Crippen LogP contribution in [0.4, 0.5) is 4.79 Å². The molecule has 1 saturated heterocycles. The van der Waals surface area contributed by atoms with Crippen LogP contribution < -0.4 is 10.6 Å². The van der Waals surface area contributed by atoms with Gasteiger partial charge in [-0.2, -0.15) is 0 Å². The Bertz CT molecular complexity index is 388. The van der Waals surface area contributed by atoms with Crippen molar-refractivity contribution in [1.29, 1.82) is 0 Å². The smallest absolute Gasteiger partial charge is 0.407 e. The van der Waals surface area contributed by atoms with E-state index in [4.69, 9.17) is 4.74 Å². The first-order chi connectivity index (χ1) is 10.2. The predicted molar refractivity (Wildman–Crippen MR) is 90.2 cm³/mol. The van der Waals surface area contributed by atoms with Crippen molar-refractivity contribution in [3.8, 4) is 0 Å². The van der Waals surface area contributed by atoms with Crippen molar-refractivity contribution in [2.24, 2.45) is 10.9 Å². The van der Waals surface area contributed by atoms with Gasteiger partial charge in [-0.05, 0) is 40.0 Å². The standard InChI is InChI=1S/C16H32N4O2/c1-7-17-14(18-10-12(2)3)20-9-8-13(11-20)19-15(21)22-16(4,5)6/h12-13H,7-11H2,1-6H3,(H,17,18)(H,19,21). The molecule has 1 aliphatic rings. The fraction of sp³-hybridized carbons (Fsp3) is 0.875. The minimum atomic E-state index is -0.462. The summed E-state index contributed by atoms with van der Waals surface area (Å²) in [6, 6.07) is 0.109. The monoisotopic (exact) mass is 312 g/mol. The van der Waals surface area contributed by atoms with Crippen molar-refractivity contribution in [3.63, 3.8) is 0 Å². The van der Waals surface area contributed by atoms with Crippen LogP contribution in [0.15, 0.2) is 4.99 Å². The number of rotatable bonds is 4. The van der Waals surface area contributed by atoms with Gasteiger partial charge in [0.15, 0.2) is 5.96 Å². The van der Waals surface area contributed by atoms with Gasteiger partial charge in [-0.1, -0.05) is 13.8 Å². The van der Waals surface area contributed by atoms with Gasteiger partial charge in [-0.25, -0.2) is 4.79 Å². The average Bonchev–Trinajstić information content (AvgIpc) is 2.80. The predicted octanol–water partition coefficient (Wildman–Crippen LogP) is 2.21. The zero-order valence-electron chi connectivity index (χ0n) is 14.9. The molecule has 0 saturated carbocycles. The number of guanidine groups is 1. The molecule has 1 fully saturated rings. The molecule has 0 aromatic rings. The Kier molecular flexibility index (Phi) is 6.97. The maximum Gasteiger partial charge on any atom is 0.407 e. The highest BCUT2D eigenvalue weighted by Crippen LogP contribution is 2.12. The van der Waals surface area contributed by atoms with Gasteiger partial charge in [-0.3, -0.25) is 4.99 Å². The summed E-state index contributed by atoms with van der Waals surface area (Å²) >= 11 is 0. The molecule has 1 rings (SSSR count). The summed E-state index contributed by atoms with van der Waals surface area (Å²) in [5, 5.41) is 6.27. The van der Waals surface area contributed by atoms with E-state index in [2.05, 4.69) is 41.3 Å². The summed E-state index contributed by atoms with van der Waals surface area (Å²) in [5.41, 5.74) is -0.462. The van der Waals surface area contributed by atoms with Crippen molar-refractivity contribution in [2.45, 2.75) is 59.6 Å². The normalized spacial score (nSPS) is 19.5. The first kappa shape index (κ1) is 18.6. The lowest BCUT2D eigenvalue weighted by atomic mass is 10.2. The molecule has 0 radical (unpaired) electrons. The van der Waals surface area contributed by atoms with Crippen LogP contribution in [0.3, 0.4) is 0 Å². The number of hydrogen-bond acceptors (Lipinski definition) is 3. The molecule has 6 nitrogen and oxygen atoms in total. The zero-order chi connectivity index (χ0) is 16.8. The van der Waals surface area contributed by atoms with Gasteiger partial charge in [-0.15, -0.1) is 0 Å². The number of ether oxygens (including phenoxy) is 1. The van der Waals surface area contributed by atoms with Crippen LogP contribution in [-0.4, -0.2) is 54.8 Å². The Morgan fingerprint density at radius 1 is 1.41 bits per heavy atom. The van der Waals surface area contributed by atoms with Gasteiger partial charge in [0.05, 0.1) is 6.04 Å². The molecule has 1 heterocycles. The van der Waals surface area contributed by atoms with E-state index >= 15 is 0 Å². The topological polar surface area (TPSA) is 66.0 Å². The SMILES string of the molecule is CCNC(=NCC(C)C)N1CCC(NC(=O)OC(C)(C)C)C1. The average molecular weight is 312 g/mol. The van der Waals surface area contributed by atoms with Gasteiger partial charge in [0, 0.05) is 26.2 Å². The van der Waals surface area contributed by atoms with E-state index in [1.807, 2.05) is 20.8 Å². The van der Waals surface area contributed by atoms with Gasteiger partial charge >= 0.3 is 6.09 Å². The minimum Gasteiger partial charge on any atom is -0.444 e. The fourth-order valence-corrected chi connectivity index (χ4v) is 2.24. The van der Waals surface area contributed by atoms with E-state index in [9.17, 15) is 4.79 Å². The highest BCUT2D eigenvalue weighted by Gasteiger charge is 2.27. The number of amides is 1. The molecular weight excluding hydrogens is 280 g/mol. The van der Waals surface area contributed by atoms with Gasteiger partial charge in [0.1, 0.15) is 5.60 Å². The van der Waals surface area contributed by atoms with Crippen molar-refractivity contribution in [3.05, 3.63) is 0 Å². The summed E-state index contributed by atoms with van der Waals surface area (Å²) in [4.78, 5) is 18.7. The van der Waals surface area contributed by atoms with Gasteiger partial charge in [0.25, 0.3) is 0 Å². The van der Waals surface area contributed by atoms with Crippen molar-refractivity contribution >= 4 is 12.1 Å². The van der Waals surface area contributed by atoms with Crippen molar-refractivity contribution in [2.75, 3.05) is 26.2 Å². The quantitative estimate of drug-likeness (QED) is 0.617. The molecule has 6 heteroatoms. The van der Waals surface area contributed by atoms with Crippen molar-refractivity contribution in [1.82, 2.24) is 15.5 Å². The molecule has 1 atom stereocenters. The lowest BCUT2D eigenvalue weighted by Gasteiger charge is -2.23. The third kappa shape index (κ3) is 7.00. The second-order valence-corrected chi connectivity index (χ2v) is 7.17. The maximum atomic E-state index is 11.8. The Morgan fingerprint density at radius 3 is 2.64 bits per heavy atom. The molecule has 0 aliphatic carbocycles. The maximum absolute atomic E-state index is 11.8. The molecule has 1 amide bonds. The summed E-state index contributed by atoms with van der Waals surface area (Å²) in [6.45, 7) is 15.3. The zero-order valence-corrected chi connectivity index (χ0v) is 14.9. The van der Waals surface area contributed by atoms with Gasteiger partial charge < -0.3 is 20.3 Å². The number of hydrogen-bond donors (Lipinski definition) is 2. The number of aliphatic imine (C=N–C) groups is 1. The van der Waals surface area contributed by atoms with Gasteiger partial charge in [0.2, 0.25) is 0 Å². The van der Waals surface area contributed by atoms with Crippen LogP contribution in [0.1, 0.15) is 48.0 Å². The number of carbonyl (C=O) groups is 1. The molecular formula is C16H32N4O2. The molecule has 0 bridgehead atoms. The number of alkyl carbamates (subject to hydrolysis) is 1. The summed E-state index contributed by atoms with van der Waals surface area (Å²) in [7, 11) is 0. The highest BCUT2D eigenvalue weighted by atomic mass is 16.6. The second-order valence-electron chi connectivity index (χ2n) is 7.17. The number of likely N-dealkylation sites (tertiary alicyclic amines) is 1. The number of carbonyl (C=O) groups excluding carboxylic acids is 1. The molecule has 1 aliphatic heterocycles. The summed E-state index contributed by atoms with van der Waals surface area (Å²) in [5.74, 6) is 1.47. The van der Waals surface area contributed by atoms with Crippen molar-refractivity contribution < 1.29 is 9.53 Å². The highest BCUT2D eigenvalue weighted by molar-refractivity contribution is 5.80.